The van der Waals surface area contributed by atoms with Gasteiger partial charge in [-0.15, -0.1) is 11.3 Å². The van der Waals surface area contributed by atoms with E-state index in [-0.39, 0.29) is 5.78 Å². The zero-order chi connectivity index (χ0) is 13.4. The van der Waals surface area contributed by atoms with Crippen LogP contribution in [0.1, 0.15) is 15.9 Å². The Morgan fingerprint density at radius 2 is 1.68 bits per heavy atom. The Hall–Kier alpha value is -0.970. The first-order valence-electron chi connectivity index (χ1n) is 5.63. The number of carbonyl (C=O) groups is 1. The SMILES string of the molecule is O=C(c1ccc2ccccc2c1)c1cc(Br)sc1Br. The second-order valence-electron chi connectivity index (χ2n) is 4.13. The minimum atomic E-state index is 0.0413. The molecule has 0 N–H and O–H groups in total. The molecular formula is C15H8Br2OS. The molecule has 0 radical (unpaired) electrons. The Balaban J connectivity index is 2.09. The van der Waals surface area contributed by atoms with E-state index in [0.29, 0.717) is 11.1 Å². The van der Waals surface area contributed by atoms with Crippen LogP contribution in [0.15, 0.2) is 56.1 Å². The van der Waals surface area contributed by atoms with Crippen molar-refractivity contribution >= 4 is 59.8 Å². The molecule has 0 unspecified atom stereocenters. The quantitative estimate of drug-likeness (QED) is 0.512. The fraction of sp³-hybridized carbons (Fsp3) is 0. The van der Waals surface area contributed by atoms with Gasteiger partial charge in [-0.2, -0.15) is 0 Å². The van der Waals surface area contributed by atoms with Crippen molar-refractivity contribution in [2.75, 3.05) is 0 Å². The number of carbonyl (C=O) groups excluding carboxylic acids is 1. The van der Waals surface area contributed by atoms with Crippen molar-refractivity contribution in [2.45, 2.75) is 0 Å². The van der Waals surface area contributed by atoms with Crippen LogP contribution in [0.5, 0.6) is 0 Å². The smallest absolute Gasteiger partial charge is 0.195 e. The van der Waals surface area contributed by atoms with Gasteiger partial charge in [-0.25, -0.2) is 0 Å². The number of thiophene rings is 1. The van der Waals surface area contributed by atoms with Crippen LogP contribution in [0.25, 0.3) is 10.8 Å². The van der Waals surface area contributed by atoms with Crippen molar-refractivity contribution < 1.29 is 4.79 Å². The summed E-state index contributed by atoms with van der Waals surface area (Å²) in [5.41, 5.74) is 1.41. The molecule has 2 aromatic carbocycles. The molecule has 1 aromatic heterocycles. The van der Waals surface area contributed by atoms with E-state index in [1.807, 2.05) is 48.5 Å². The molecule has 3 rings (SSSR count). The van der Waals surface area contributed by atoms with Gasteiger partial charge in [0.2, 0.25) is 0 Å². The van der Waals surface area contributed by atoms with Crippen molar-refractivity contribution in [2.24, 2.45) is 0 Å². The minimum absolute atomic E-state index is 0.0413. The van der Waals surface area contributed by atoms with Crippen LogP contribution in [0.3, 0.4) is 0 Å². The van der Waals surface area contributed by atoms with Gasteiger partial charge in [0.15, 0.2) is 5.78 Å². The molecule has 0 amide bonds. The second kappa shape index (κ2) is 5.19. The molecule has 0 spiro atoms. The highest BCUT2D eigenvalue weighted by Crippen LogP contribution is 2.33. The van der Waals surface area contributed by atoms with Crippen LogP contribution >= 0.6 is 43.2 Å². The van der Waals surface area contributed by atoms with Gasteiger partial charge in [0.1, 0.15) is 0 Å². The molecule has 0 fully saturated rings. The van der Waals surface area contributed by atoms with Crippen LogP contribution in [0.2, 0.25) is 0 Å². The summed E-state index contributed by atoms with van der Waals surface area (Å²) < 4.78 is 1.81. The number of ketones is 1. The van der Waals surface area contributed by atoms with E-state index in [2.05, 4.69) is 31.9 Å². The second-order valence-corrected chi connectivity index (χ2v) is 7.88. The van der Waals surface area contributed by atoms with E-state index in [1.54, 1.807) is 0 Å². The Morgan fingerprint density at radius 3 is 2.37 bits per heavy atom. The normalized spacial score (nSPS) is 10.8. The van der Waals surface area contributed by atoms with Crippen molar-refractivity contribution in [3.8, 4) is 0 Å². The number of halogens is 2. The fourth-order valence-electron chi connectivity index (χ4n) is 1.98. The predicted octanol–water partition coefficient (Wildman–Crippen LogP) is 5.66. The summed E-state index contributed by atoms with van der Waals surface area (Å²) in [6.07, 6.45) is 0. The zero-order valence-electron chi connectivity index (χ0n) is 9.69. The first-order valence-corrected chi connectivity index (χ1v) is 8.04. The van der Waals surface area contributed by atoms with Gasteiger partial charge in [-0.1, -0.05) is 36.4 Å². The molecular weight excluding hydrogens is 388 g/mol. The molecule has 1 heterocycles. The summed E-state index contributed by atoms with van der Waals surface area (Å²) in [6.45, 7) is 0. The molecule has 0 bridgehead atoms. The van der Waals surface area contributed by atoms with Gasteiger partial charge >= 0.3 is 0 Å². The fourth-order valence-corrected chi connectivity index (χ4v) is 4.77. The number of rotatable bonds is 2. The molecule has 0 saturated carbocycles. The van der Waals surface area contributed by atoms with E-state index < -0.39 is 0 Å². The highest BCUT2D eigenvalue weighted by molar-refractivity contribution is 9.12. The molecule has 0 aliphatic heterocycles. The van der Waals surface area contributed by atoms with Crippen LogP contribution < -0.4 is 0 Å². The summed E-state index contributed by atoms with van der Waals surface area (Å²) in [7, 11) is 0. The Kier molecular flexibility index (Phi) is 3.56. The standard InChI is InChI=1S/C15H8Br2OS/c16-13-8-12(15(17)19-13)14(18)11-6-5-9-3-1-2-4-10(9)7-11/h1-8H. The van der Waals surface area contributed by atoms with Gasteiger partial charge in [0.25, 0.3) is 0 Å². The van der Waals surface area contributed by atoms with Crippen molar-refractivity contribution in [3.05, 3.63) is 67.2 Å². The lowest BCUT2D eigenvalue weighted by Gasteiger charge is -2.02. The maximum atomic E-state index is 12.5. The third-order valence-electron chi connectivity index (χ3n) is 2.91. The van der Waals surface area contributed by atoms with E-state index in [1.165, 1.54) is 11.3 Å². The number of hydrogen-bond donors (Lipinski definition) is 0. The zero-order valence-corrected chi connectivity index (χ0v) is 13.7. The van der Waals surface area contributed by atoms with Crippen molar-refractivity contribution in [3.63, 3.8) is 0 Å². The van der Waals surface area contributed by atoms with Crippen molar-refractivity contribution in [1.82, 2.24) is 0 Å². The molecule has 4 heteroatoms. The molecule has 0 aliphatic rings. The van der Waals surface area contributed by atoms with Gasteiger partial charge < -0.3 is 0 Å². The first-order chi connectivity index (χ1) is 9.15. The number of hydrogen-bond acceptors (Lipinski definition) is 2. The molecule has 0 aliphatic carbocycles. The molecule has 1 nitrogen and oxygen atoms in total. The monoisotopic (exact) mass is 394 g/mol. The lowest BCUT2D eigenvalue weighted by molar-refractivity contribution is 0.103. The number of fused-ring (bicyclic) bond motifs is 1. The van der Waals surface area contributed by atoms with Gasteiger partial charge in [0, 0.05) is 11.1 Å². The average Bonchev–Trinajstić information content (AvgIpc) is 2.76. The Morgan fingerprint density at radius 1 is 0.947 bits per heavy atom. The first kappa shape index (κ1) is 13.0. The van der Waals surface area contributed by atoms with Crippen LogP contribution in [-0.2, 0) is 0 Å². The third-order valence-corrected chi connectivity index (χ3v) is 5.25. The molecule has 3 aromatic rings. The summed E-state index contributed by atoms with van der Waals surface area (Å²) in [4.78, 5) is 12.5. The van der Waals surface area contributed by atoms with E-state index >= 15 is 0 Å². The van der Waals surface area contributed by atoms with Crippen LogP contribution in [0, 0.1) is 0 Å². The molecule has 0 atom stereocenters. The average molecular weight is 396 g/mol. The Labute approximate surface area is 131 Å². The van der Waals surface area contributed by atoms with Gasteiger partial charge in [-0.05, 0) is 54.8 Å². The summed E-state index contributed by atoms with van der Waals surface area (Å²) in [6, 6.07) is 15.7. The molecule has 94 valence electrons. The van der Waals surface area contributed by atoms with E-state index in [9.17, 15) is 4.79 Å². The highest BCUT2D eigenvalue weighted by atomic mass is 79.9. The van der Waals surface area contributed by atoms with E-state index in [0.717, 1.165) is 18.3 Å². The lowest BCUT2D eigenvalue weighted by atomic mass is 10.0. The Bertz CT molecular complexity index is 777. The maximum Gasteiger partial charge on any atom is 0.195 e. The largest absolute Gasteiger partial charge is 0.289 e. The van der Waals surface area contributed by atoms with Gasteiger partial charge in [-0.3, -0.25) is 4.79 Å². The summed E-state index contributed by atoms with van der Waals surface area (Å²) in [5, 5.41) is 2.23. The van der Waals surface area contributed by atoms with Crippen LogP contribution in [0.4, 0.5) is 0 Å². The van der Waals surface area contributed by atoms with Crippen LogP contribution in [-0.4, -0.2) is 5.78 Å². The molecule has 0 saturated heterocycles. The topological polar surface area (TPSA) is 17.1 Å². The maximum absolute atomic E-state index is 12.5. The summed E-state index contributed by atoms with van der Waals surface area (Å²) >= 11 is 8.34. The predicted molar refractivity (Wildman–Crippen MR) is 87.1 cm³/mol. The van der Waals surface area contributed by atoms with Crippen molar-refractivity contribution in [1.29, 1.82) is 0 Å². The van der Waals surface area contributed by atoms with Gasteiger partial charge in [0.05, 0.1) is 7.57 Å². The molecule has 19 heavy (non-hydrogen) atoms. The highest BCUT2D eigenvalue weighted by Gasteiger charge is 2.15. The third kappa shape index (κ3) is 2.53. The summed E-state index contributed by atoms with van der Waals surface area (Å²) in [5.74, 6) is 0.0413. The lowest BCUT2D eigenvalue weighted by Crippen LogP contribution is -2.00. The number of benzene rings is 2. The minimum Gasteiger partial charge on any atom is -0.289 e. The van der Waals surface area contributed by atoms with E-state index in [4.69, 9.17) is 0 Å².